The van der Waals surface area contributed by atoms with Crippen molar-refractivity contribution in [2.45, 2.75) is 94.5 Å². The first-order valence-electron chi connectivity index (χ1n) is 14.1. The van der Waals surface area contributed by atoms with Crippen molar-refractivity contribution in [2.24, 2.45) is 0 Å². The van der Waals surface area contributed by atoms with Gasteiger partial charge in [-0.05, 0) is 117 Å². The molecule has 2 aliphatic heterocycles. The van der Waals surface area contributed by atoms with Gasteiger partial charge in [0.2, 0.25) is 0 Å². The lowest BCUT2D eigenvalue weighted by Gasteiger charge is -2.41. The van der Waals surface area contributed by atoms with E-state index in [9.17, 15) is 0 Å². The Labute approximate surface area is 225 Å². The fraction of sp³-hybridized carbons (Fsp3) is 0.516. The van der Waals surface area contributed by atoms with Gasteiger partial charge in [0.25, 0.3) is 0 Å². The van der Waals surface area contributed by atoms with E-state index in [1.54, 1.807) is 5.56 Å². The molecular weight excluding hydrogens is 475 g/mol. The van der Waals surface area contributed by atoms with Crippen LogP contribution in [0.25, 0.3) is 22.4 Å². The SMILES string of the molecule is CC1(C)OB(c2ccc(-c3ccc(-c4cnc([C@H]5CCCS5)[nH]4)cc3)c3c2C2CCC3CC2)OC1(C)C. The molecule has 0 radical (unpaired) electrons. The Morgan fingerprint density at radius 2 is 1.49 bits per heavy atom. The van der Waals surface area contributed by atoms with Gasteiger partial charge in [-0.1, -0.05) is 36.4 Å². The van der Waals surface area contributed by atoms with Crippen LogP contribution >= 0.6 is 11.8 Å². The Balaban J connectivity index is 1.24. The van der Waals surface area contributed by atoms with Crippen molar-refractivity contribution in [3.05, 3.63) is 59.5 Å². The van der Waals surface area contributed by atoms with Crippen molar-refractivity contribution in [1.82, 2.24) is 9.97 Å². The molecule has 1 N–H and O–H groups in total. The summed E-state index contributed by atoms with van der Waals surface area (Å²) in [6.45, 7) is 8.60. The number of benzene rings is 2. The van der Waals surface area contributed by atoms with Crippen molar-refractivity contribution in [1.29, 1.82) is 0 Å². The monoisotopic (exact) mass is 512 g/mol. The molecule has 3 heterocycles. The Morgan fingerprint density at radius 3 is 2.14 bits per heavy atom. The van der Waals surface area contributed by atoms with Crippen LogP contribution in [0.3, 0.4) is 0 Å². The molecule has 192 valence electrons. The van der Waals surface area contributed by atoms with Crippen LogP contribution in [0.2, 0.25) is 0 Å². The summed E-state index contributed by atoms with van der Waals surface area (Å²) in [5.74, 6) is 3.63. The molecule has 0 unspecified atom stereocenters. The topological polar surface area (TPSA) is 47.1 Å². The summed E-state index contributed by atoms with van der Waals surface area (Å²) in [7, 11) is -0.290. The fourth-order valence-corrected chi connectivity index (χ4v) is 8.15. The van der Waals surface area contributed by atoms with Crippen molar-refractivity contribution < 1.29 is 9.31 Å². The predicted octanol–water partition coefficient (Wildman–Crippen LogP) is 7.37. The second kappa shape index (κ2) is 8.76. The lowest BCUT2D eigenvalue weighted by Crippen LogP contribution is -2.41. The number of aromatic amines is 1. The molecule has 3 fully saturated rings. The van der Waals surface area contributed by atoms with Gasteiger partial charge < -0.3 is 14.3 Å². The summed E-state index contributed by atoms with van der Waals surface area (Å²) in [6.07, 6.45) is 9.69. The number of nitrogens with zero attached hydrogens (tertiary/aromatic N) is 1. The molecule has 3 aliphatic carbocycles. The van der Waals surface area contributed by atoms with Crippen molar-refractivity contribution >= 4 is 24.3 Å². The Hall–Kier alpha value is -2.02. The minimum Gasteiger partial charge on any atom is -0.399 e. The van der Waals surface area contributed by atoms with Crippen LogP contribution in [0.15, 0.2) is 42.6 Å². The molecule has 5 aliphatic rings. The summed E-state index contributed by atoms with van der Waals surface area (Å²) in [4.78, 5) is 8.30. The van der Waals surface area contributed by atoms with Crippen LogP contribution in [-0.4, -0.2) is 34.0 Å². The Kier molecular flexibility index (Phi) is 5.69. The lowest BCUT2D eigenvalue weighted by molar-refractivity contribution is 0.00578. The third kappa shape index (κ3) is 3.94. The van der Waals surface area contributed by atoms with Crippen LogP contribution in [0.4, 0.5) is 0 Å². The quantitative estimate of drug-likeness (QED) is 0.371. The maximum Gasteiger partial charge on any atom is 0.495 e. The highest BCUT2D eigenvalue weighted by Gasteiger charge is 2.53. The van der Waals surface area contributed by atoms with Crippen LogP contribution in [0.5, 0.6) is 0 Å². The molecule has 1 saturated carbocycles. The van der Waals surface area contributed by atoms with Gasteiger partial charge in [-0.3, -0.25) is 0 Å². The van der Waals surface area contributed by atoms with E-state index >= 15 is 0 Å². The summed E-state index contributed by atoms with van der Waals surface area (Å²) in [5, 5.41) is 0.525. The molecule has 6 heteroatoms. The second-order valence-electron chi connectivity index (χ2n) is 12.4. The van der Waals surface area contributed by atoms with E-state index in [2.05, 4.69) is 69.1 Å². The molecule has 1 aromatic heterocycles. The number of rotatable bonds is 4. The van der Waals surface area contributed by atoms with E-state index in [0.717, 1.165) is 11.5 Å². The highest BCUT2D eigenvalue weighted by molar-refractivity contribution is 7.99. The van der Waals surface area contributed by atoms with Gasteiger partial charge in [-0.15, -0.1) is 0 Å². The molecule has 37 heavy (non-hydrogen) atoms. The molecule has 2 saturated heterocycles. The average Bonchev–Trinajstić information content (AvgIpc) is 3.64. The standard InChI is InChI=1S/C31H37BN2O2S/c1-30(2)31(3,4)36-32(35-30)24-16-15-23(27-21-11-13-22(14-12-21)28(24)27)19-7-9-20(10-8-19)25-18-33-29(34-25)26-6-5-17-37-26/h7-10,15-16,18,21-22,26H,5-6,11-14,17H2,1-4H3,(H,33,34)/t21?,22?,26-/m1/s1. The van der Waals surface area contributed by atoms with E-state index in [1.165, 1.54) is 72.0 Å². The molecule has 1 atom stereocenters. The first-order chi connectivity index (χ1) is 17.8. The molecular formula is C31H37BN2O2S. The van der Waals surface area contributed by atoms with Crippen molar-refractivity contribution in [3.8, 4) is 22.4 Å². The van der Waals surface area contributed by atoms with Crippen LogP contribution in [0, 0.1) is 0 Å². The zero-order valence-electron chi connectivity index (χ0n) is 22.5. The third-order valence-corrected chi connectivity index (χ3v) is 11.1. The van der Waals surface area contributed by atoms with E-state index in [1.807, 2.05) is 18.0 Å². The number of H-pyrrole nitrogens is 1. The first-order valence-corrected chi connectivity index (χ1v) is 15.2. The predicted molar refractivity (Wildman–Crippen MR) is 154 cm³/mol. The van der Waals surface area contributed by atoms with Gasteiger partial charge in [-0.2, -0.15) is 11.8 Å². The number of thioether (sulfide) groups is 1. The molecule has 0 amide bonds. The highest BCUT2D eigenvalue weighted by Crippen LogP contribution is 2.52. The van der Waals surface area contributed by atoms with Gasteiger partial charge in [0.1, 0.15) is 5.82 Å². The largest absolute Gasteiger partial charge is 0.495 e. The summed E-state index contributed by atoms with van der Waals surface area (Å²) < 4.78 is 13.1. The van der Waals surface area contributed by atoms with Crippen LogP contribution in [-0.2, 0) is 9.31 Å². The van der Waals surface area contributed by atoms with Crippen molar-refractivity contribution in [2.75, 3.05) is 5.75 Å². The first kappa shape index (κ1) is 24.1. The molecule has 4 nitrogen and oxygen atoms in total. The zero-order valence-corrected chi connectivity index (χ0v) is 23.3. The minimum absolute atomic E-state index is 0.290. The van der Waals surface area contributed by atoms with Crippen molar-refractivity contribution in [3.63, 3.8) is 0 Å². The van der Waals surface area contributed by atoms with Gasteiger partial charge in [0.05, 0.1) is 28.3 Å². The summed E-state index contributed by atoms with van der Waals surface area (Å²) in [6, 6.07) is 13.7. The van der Waals surface area contributed by atoms with E-state index < -0.39 is 0 Å². The van der Waals surface area contributed by atoms with Gasteiger partial charge in [-0.25, -0.2) is 4.98 Å². The molecule has 2 bridgehead atoms. The Morgan fingerprint density at radius 1 is 0.838 bits per heavy atom. The number of hydrogen-bond donors (Lipinski definition) is 1. The van der Waals surface area contributed by atoms with E-state index in [-0.39, 0.29) is 18.3 Å². The van der Waals surface area contributed by atoms with Gasteiger partial charge in [0, 0.05) is 0 Å². The molecule has 0 spiro atoms. The maximum atomic E-state index is 6.54. The molecule has 3 aromatic rings. The highest BCUT2D eigenvalue weighted by atomic mass is 32.2. The maximum absolute atomic E-state index is 6.54. The lowest BCUT2D eigenvalue weighted by atomic mass is 9.59. The fourth-order valence-electron chi connectivity index (χ4n) is 6.92. The smallest absolute Gasteiger partial charge is 0.399 e. The normalized spacial score (nSPS) is 27.6. The second-order valence-corrected chi connectivity index (χ2v) is 13.7. The summed E-state index contributed by atoms with van der Waals surface area (Å²) >= 11 is 2.02. The number of imidazole rings is 1. The number of aromatic nitrogens is 2. The van der Waals surface area contributed by atoms with Gasteiger partial charge in [0.15, 0.2) is 0 Å². The number of nitrogens with one attached hydrogen (secondary N) is 1. The summed E-state index contributed by atoms with van der Waals surface area (Å²) in [5.41, 5.74) is 8.72. The van der Waals surface area contributed by atoms with E-state index in [4.69, 9.17) is 14.3 Å². The van der Waals surface area contributed by atoms with E-state index in [0.29, 0.717) is 17.1 Å². The number of hydrogen-bond acceptors (Lipinski definition) is 4. The third-order valence-electron chi connectivity index (χ3n) is 9.71. The van der Waals surface area contributed by atoms with Crippen LogP contribution < -0.4 is 5.46 Å². The Bertz CT molecular complexity index is 1300. The van der Waals surface area contributed by atoms with Gasteiger partial charge >= 0.3 is 7.12 Å². The average molecular weight is 513 g/mol. The zero-order chi connectivity index (χ0) is 25.4. The molecule has 2 aromatic carbocycles. The molecule has 8 rings (SSSR count). The van der Waals surface area contributed by atoms with Crippen LogP contribution in [0.1, 0.15) is 100 Å². The minimum atomic E-state index is -0.324. The number of fused-ring (bicyclic) bond motifs is 2.